The van der Waals surface area contributed by atoms with Crippen molar-refractivity contribution < 1.29 is 28.2 Å². The number of methoxy groups -OCH3 is 1. The fourth-order valence-electron chi connectivity index (χ4n) is 3.85. The predicted octanol–water partition coefficient (Wildman–Crippen LogP) is 6.12. The van der Waals surface area contributed by atoms with Crippen molar-refractivity contribution in [1.82, 2.24) is 9.78 Å². The summed E-state index contributed by atoms with van der Waals surface area (Å²) in [7, 11) is 0.170. The molecule has 0 aliphatic carbocycles. The number of rotatable bonds is 14. The summed E-state index contributed by atoms with van der Waals surface area (Å²) in [4.78, 5) is 24.3. The lowest BCUT2D eigenvalue weighted by Gasteiger charge is -2.22. The van der Waals surface area contributed by atoms with Crippen molar-refractivity contribution in [2.24, 2.45) is 0 Å². The van der Waals surface area contributed by atoms with Crippen molar-refractivity contribution in [3.63, 3.8) is 0 Å². The summed E-state index contributed by atoms with van der Waals surface area (Å²) in [5, 5.41) is 4.80. The van der Waals surface area contributed by atoms with Crippen molar-refractivity contribution >= 4 is 19.8 Å². The maximum absolute atomic E-state index is 14.6. The second-order valence-electron chi connectivity index (χ2n) is 11.7. The van der Waals surface area contributed by atoms with Gasteiger partial charge in [-0.2, -0.15) is 5.10 Å². The highest BCUT2D eigenvalue weighted by Crippen LogP contribution is 2.32. The average molecular weight is 535 g/mol. The molecule has 2 aromatic rings. The lowest BCUT2D eigenvalue weighted by molar-refractivity contribution is -0.155. The Morgan fingerprint density at radius 1 is 1.16 bits per heavy atom. The quantitative estimate of drug-likeness (QED) is 0.165. The van der Waals surface area contributed by atoms with Crippen LogP contribution in [-0.2, 0) is 32.2 Å². The normalized spacial score (nSPS) is 12.9. The van der Waals surface area contributed by atoms with E-state index in [9.17, 15) is 14.0 Å². The van der Waals surface area contributed by atoms with Gasteiger partial charge in [0.05, 0.1) is 19.2 Å². The van der Waals surface area contributed by atoms with Gasteiger partial charge in [0.2, 0.25) is 0 Å². The van der Waals surface area contributed by atoms with E-state index in [1.165, 1.54) is 13.2 Å². The molecular formula is C28H43FN2O5Si. The number of esters is 1. The molecule has 1 heterocycles. The van der Waals surface area contributed by atoms with Crippen LogP contribution >= 0.6 is 0 Å². The third-order valence-corrected chi connectivity index (χ3v) is 7.48. The summed E-state index contributed by atoms with van der Waals surface area (Å²) in [6.45, 7) is 14.8. The lowest BCUT2D eigenvalue weighted by atomic mass is 9.91. The summed E-state index contributed by atoms with van der Waals surface area (Å²) in [5.41, 5.74) is 1.49. The topological polar surface area (TPSA) is 79.7 Å². The predicted molar refractivity (Wildman–Crippen MR) is 145 cm³/mol. The van der Waals surface area contributed by atoms with Crippen molar-refractivity contribution in [3.8, 4) is 5.75 Å². The van der Waals surface area contributed by atoms with Crippen LogP contribution in [0.5, 0.6) is 5.75 Å². The second kappa shape index (κ2) is 13.3. The Labute approximate surface area is 221 Å². The van der Waals surface area contributed by atoms with Crippen LogP contribution in [0.25, 0.3) is 0 Å². The van der Waals surface area contributed by atoms with Gasteiger partial charge >= 0.3 is 5.97 Å². The molecule has 1 atom stereocenters. The van der Waals surface area contributed by atoms with Crippen LogP contribution in [0.1, 0.15) is 69.8 Å². The van der Waals surface area contributed by atoms with E-state index < -0.39 is 31.4 Å². The van der Waals surface area contributed by atoms with E-state index in [0.717, 1.165) is 11.7 Å². The van der Waals surface area contributed by atoms with E-state index in [1.807, 2.05) is 26.8 Å². The molecule has 0 aliphatic heterocycles. The largest absolute Gasteiger partial charge is 0.494 e. The number of aromatic nitrogens is 2. The number of benzene rings is 1. The Morgan fingerprint density at radius 3 is 2.43 bits per heavy atom. The van der Waals surface area contributed by atoms with Crippen LogP contribution in [0.4, 0.5) is 4.39 Å². The first-order valence-electron chi connectivity index (χ1n) is 12.9. The molecular weight excluding hydrogens is 491 g/mol. The highest BCUT2D eigenvalue weighted by atomic mass is 28.3. The maximum Gasteiger partial charge on any atom is 0.307 e. The fourth-order valence-corrected chi connectivity index (χ4v) is 4.61. The summed E-state index contributed by atoms with van der Waals surface area (Å²) in [6, 6.07) is 7.64. The van der Waals surface area contributed by atoms with E-state index in [4.69, 9.17) is 19.3 Å². The minimum atomic E-state index is -1.24. The Hall–Kier alpha value is -2.52. The Bertz CT molecular complexity index is 1060. The van der Waals surface area contributed by atoms with Gasteiger partial charge in [0, 0.05) is 32.7 Å². The van der Waals surface area contributed by atoms with Crippen molar-refractivity contribution in [1.29, 1.82) is 0 Å². The number of ketones is 1. The Balaban J connectivity index is 2.40. The fraction of sp³-hybridized carbons (Fsp3) is 0.607. The molecule has 206 valence electrons. The van der Waals surface area contributed by atoms with Crippen molar-refractivity contribution in [3.05, 3.63) is 47.0 Å². The van der Waals surface area contributed by atoms with E-state index in [1.54, 1.807) is 23.7 Å². The molecule has 2 rings (SSSR count). The van der Waals surface area contributed by atoms with Gasteiger partial charge in [-0.25, -0.2) is 9.07 Å². The minimum absolute atomic E-state index is 0.00339. The minimum Gasteiger partial charge on any atom is -0.494 e. The number of nitrogens with zero attached hydrogens (tertiary/aromatic N) is 2. The average Bonchev–Trinajstić information content (AvgIpc) is 3.15. The van der Waals surface area contributed by atoms with E-state index >= 15 is 0 Å². The van der Waals surface area contributed by atoms with Gasteiger partial charge in [-0.15, -0.1) is 0 Å². The highest BCUT2D eigenvalue weighted by molar-refractivity contribution is 6.76. The van der Waals surface area contributed by atoms with Crippen LogP contribution in [0, 0.1) is 5.82 Å². The smallest absolute Gasteiger partial charge is 0.307 e. The molecule has 0 saturated carbocycles. The number of hydrogen-bond donors (Lipinski definition) is 0. The Kier molecular flexibility index (Phi) is 11.1. The molecule has 0 amide bonds. The molecule has 0 spiro atoms. The summed E-state index contributed by atoms with van der Waals surface area (Å²) in [5.74, 6) is -1.16. The lowest BCUT2D eigenvalue weighted by Crippen LogP contribution is -2.25. The summed E-state index contributed by atoms with van der Waals surface area (Å²) in [6.07, 6.45) is 1.80. The first-order chi connectivity index (χ1) is 17.2. The molecule has 9 heteroatoms. The third kappa shape index (κ3) is 10.8. The zero-order valence-corrected chi connectivity index (χ0v) is 24.7. The number of carbonyl (C=O) groups is 2. The summed E-state index contributed by atoms with van der Waals surface area (Å²) >= 11 is 0. The van der Waals surface area contributed by atoms with Crippen LogP contribution in [0.2, 0.25) is 25.7 Å². The van der Waals surface area contributed by atoms with Crippen molar-refractivity contribution in [2.75, 3.05) is 13.7 Å². The molecule has 0 saturated heterocycles. The molecule has 0 aliphatic rings. The van der Waals surface area contributed by atoms with Crippen molar-refractivity contribution in [2.45, 2.75) is 97.3 Å². The zero-order valence-electron chi connectivity index (χ0n) is 23.7. The van der Waals surface area contributed by atoms with Crippen LogP contribution in [0.3, 0.4) is 0 Å². The molecule has 0 N–H and O–H groups in total. The molecule has 1 unspecified atom stereocenters. The number of Topliss-reactive ketones (excluding diaryl/α,β-unsaturated/α-hetero) is 1. The van der Waals surface area contributed by atoms with Gasteiger partial charge in [0.1, 0.15) is 18.1 Å². The molecule has 7 nitrogen and oxygen atoms in total. The van der Waals surface area contributed by atoms with Crippen LogP contribution in [-0.4, -0.2) is 48.9 Å². The molecule has 0 fully saturated rings. The number of aryl methyl sites for hydroxylation is 1. The third-order valence-electron chi connectivity index (χ3n) is 5.78. The Morgan fingerprint density at radius 2 is 1.86 bits per heavy atom. The summed E-state index contributed by atoms with van der Waals surface area (Å²) < 4.78 is 33.0. The molecule has 1 aromatic carbocycles. The van der Waals surface area contributed by atoms with E-state index in [-0.39, 0.29) is 24.7 Å². The van der Waals surface area contributed by atoms with E-state index in [0.29, 0.717) is 37.1 Å². The van der Waals surface area contributed by atoms with E-state index in [2.05, 4.69) is 19.6 Å². The number of ether oxygens (including phenoxy) is 3. The molecule has 1 aromatic heterocycles. The molecule has 0 bridgehead atoms. The first kappa shape index (κ1) is 30.7. The van der Waals surface area contributed by atoms with Gasteiger partial charge in [-0.05, 0) is 70.3 Å². The maximum atomic E-state index is 14.6. The van der Waals surface area contributed by atoms with Gasteiger partial charge in [0.25, 0.3) is 0 Å². The standard InChI is InChI=1S/C28H43FN2O5Si/c1-20(32)10-9-11-22-17-25(30-31(22)19-35-14-15-37(6,7)8)23(18-27(33)36-28(2,3)4)21-12-13-26(34-5)24(29)16-21/h12-13,16-17,23H,9-11,14-15,18-19H2,1-8H3. The monoisotopic (exact) mass is 534 g/mol. The van der Waals surface area contributed by atoms with Gasteiger partial charge in [0.15, 0.2) is 11.6 Å². The first-order valence-corrected chi connectivity index (χ1v) is 16.6. The second-order valence-corrected chi connectivity index (χ2v) is 17.3. The zero-order chi connectivity index (χ0) is 27.8. The van der Waals surface area contributed by atoms with Gasteiger partial charge in [-0.1, -0.05) is 25.7 Å². The van der Waals surface area contributed by atoms with Crippen LogP contribution in [0.15, 0.2) is 24.3 Å². The number of halogens is 1. The number of hydrogen-bond acceptors (Lipinski definition) is 6. The van der Waals surface area contributed by atoms with Gasteiger partial charge in [-0.3, -0.25) is 4.79 Å². The number of carbonyl (C=O) groups excluding carboxylic acids is 2. The van der Waals surface area contributed by atoms with Gasteiger partial charge < -0.3 is 19.0 Å². The SMILES string of the molecule is COc1ccc(C(CC(=O)OC(C)(C)C)c2cc(CCCC(C)=O)n(COCC[Si](C)(C)C)n2)cc1F. The molecule has 0 radical (unpaired) electrons. The van der Waals surface area contributed by atoms with Crippen LogP contribution < -0.4 is 4.74 Å². The molecule has 37 heavy (non-hydrogen) atoms. The highest BCUT2D eigenvalue weighted by Gasteiger charge is 2.27.